The Morgan fingerprint density at radius 2 is 1.93 bits per heavy atom. The molecule has 2 aliphatic heterocycles. The molecule has 0 bridgehead atoms. The molecular formula is C30H40BrN7O6. The molecule has 4 N–H and O–H groups in total. The zero-order valence-electron chi connectivity index (χ0n) is 25.1. The van der Waals surface area contributed by atoms with E-state index in [2.05, 4.69) is 42.0 Å². The molecule has 14 heteroatoms. The molecule has 1 saturated carbocycles. The number of aliphatic hydroxyl groups is 1. The largest absolute Gasteiger partial charge is 0.479 e. The Labute approximate surface area is 264 Å². The van der Waals surface area contributed by atoms with E-state index in [4.69, 9.17) is 4.74 Å². The van der Waals surface area contributed by atoms with Crippen LogP contribution in [0.2, 0.25) is 0 Å². The van der Waals surface area contributed by atoms with Gasteiger partial charge in [0.15, 0.2) is 0 Å². The van der Waals surface area contributed by atoms with Crippen molar-refractivity contribution in [2.24, 2.45) is 5.92 Å². The number of halogens is 1. The quantitative estimate of drug-likeness (QED) is 0.353. The van der Waals surface area contributed by atoms with Crippen molar-refractivity contribution in [3.05, 3.63) is 40.9 Å². The van der Waals surface area contributed by atoms with Crippen molar-refractivity contribution in [3.63, 3.8) is 0 Å². The highest BCUT2D eigenvalue weighted by Gasteiger charge is 2.61. The third-order valence-electron chi connectivity index (χ3n) is 8.38. The second kappa shape index (κ2) is 12.9. The number of fused-ring (bicyclic) bond motifs is 2. The Kier molecular flexibility index (Phi) is 9.42. The second-order valence-electron chi connectivity index (χ2n) is 12.9. The number of carbonyl (C=O) groups is 3. The average Bonchev–Trinajstić information content (AvgIpc) is 3.26. The van der Waals surface area contributed by atoms with Crippen LogP contribution >= 0.6 is 15.9 Å². The lowest BCUT2D eigenvalue weighted by atomic mass is 10.0. The molecule has 2 fully saturated rings. The van der Waals surface area contributed by atoms with Gasteiger partial charge in [-0.2, -0.15) is 4.80 Å². The number of hydrogen-bond acceptors (Lipinski definition) is 9. The summed E-state index contributed by atoms with van der Waals surface area (Å²) in [6.45, 7) is 5.45. The third kappa shape index (κ3) is 7.29. The SMILES string of the molecule is CC(C)(C)OC(=O)N[C@@H]1CCCCC/C=C\[C@H]2C[C@]2(C(=O)O)NC(=O)[C@@H]2C[C@H](n3nnc(-c4ccc(Br)cc4)n3)CN2[C@@H]1O. The summed E-state index contributed by atoms with van der Waals surface area (Å²) in [4.78, 5) is 42.0. The van der Waals surface area contributed by atoms with Crippen LogP contribution in [-0.2, 0) is 14.3 Å². The number of carboxylic acid groups (broad SMARTS) is 1. The fraction of sp³-hybridized carbons (Fsp3) is 0.600. The lowest BCUT2D eigenvalue weighted by molar-refractivity contribution is -0.145. The fourth-order valence-electron chi connectivity index (χ4n) is 5.97. The van der Waals surface area contributed by atoms with Crippen molar-refractivity contribution in [1.29, 1.82) is 0 Å². The monoisotopic (exact) mass is 673 g/mol. The summed E-state index contributed by atoms with van der Waals surface area (Å²) in [6.07, 6.45) is 6.11. The van der Waals surface area contributed by atoms with Crippen molar-refractivity contribution in [3.8, 4) is 11.4 Å². The number of allylic oxidation sites excluding steroid dienone is 1. The number of alkyl carbamates (subject to hydrolysis) is 1. The molecule has 3 heterocycles. The van der Waals surface area contributed by atoms with Crippen LogP contribution < -0.4 is 10.6 Å². The fourth-order valence-corrected chi connectivity index (χ4v) is 6.23. The van der Waals surface area contributed by atoms with Gasteiger partial charge in [-0.3, -0.25) is 9.69 Å². The Bertz CT molecular complexity index is 1390. The van der Waals surface area contributed by atoms with Crippen LogP contribution in [0.5, 0.6) is 0 Å². The average molecular weight is 675 g/mol. The van der Waals surface area contributed by atoms with Crippen LogP contribution in [0.4, 0.5) is 4.79 Å². The molecule has 1 aliphatic carbocycles. The molecule has 1 aromatic carbocycles. The Hall–Kier alpha value is -3.36. The molecule has 5 rings (SSSR count). The van der Waals surface area contributed by atoms with E-state index in [1.165, 1.54) is 4.80 Å². The number of hydrogen-bond donors (Lipinski definition) is 4. The third-order valence-corrected chi connectivity index (χ3v) is 8.90. The number of aromatic nitrogens is 4. The first kappa shape index (κ1) is 32.0. The molecule has 6 atom stereocenters. The number of aliphatic hydroxyl groups excluding tert-OH is 1. The molecule has 13 nitrogen and oxygen atoms in total. The molecule has 0 unspecified atom stereocenters. The van der Waals surface area contributed by atoms with Gasteiger partial charge >= 0.3 is 12.1 Å². The zero-order valence-corrected chi connectivity index (χ0v) is 26.7. The van der Waals surface area contributed by atoms with Gasteiger partial charge in [-0.1, -0.05) is 40.9 Å². The molecule has 238 valence electrons. The van der Waals surface area contributed by atoms with E-state index in [0.717, 1.165) is 35.7 Å². The summed E-state index contributed by atoms with van der Waals surface area (Å²) in [5.41, 5.74) is -1.36. The first-order valence-corrected chi connectivity index (χ1v) is 15.9. The van der Waals surface area contributed by atoms with Gasteiger partial charge in [0.2, 0.25) is 11.7 Å². The van der Waals surface area contributed by atoms with Crippen molar-refractivity contribution in [2.75, 3.05) is 6.54 Å². The van der Waals surface area contributed by atoms with Crippen LogP contribution in [0, 0.1) is 5.92 Å². The number of aliphatic carboxylic acids is 1. The van der Waals surface area contributed by atoms with E-state index < -0.39 is 53.5 Å². The maximum atomic E-state index is 13.8. The first-order chi connectivity index (χ1) is 20.9. The zero-order chi connectivity index (χ0) is 31.6. The van der Waals surface area contributed by atoms with E-state index in [1.54, 1.807) is 25.7 Å². The number of nitrogens with zero attached hydrogens (tertiary/aromatic N) is 5. The molecule has 0 spiro atoms. The smallest absolute Gasteiger partial charge is 0.408 e. The highest BCUT2D eigenvalue weighted by molar-refractivity contribution is 9.10. The van der Waals surface area contributed by atoms with Crippen LogP contribution in [-0.4, -0.2) is 89.3 Å². The Morgan fingerprint density at radius 1 is 1.18 bits per heavy atom. The van der Waals surface area contributed by atoms with Crippen LogP contribution in [0.3, 0.4) is 0 Å². The highest BCUT2D eigenvalue weighted by Crippen LogP contribution is 2.45. The van der Waals surface area contributed by atoms with Crippen molar-refractivity contribution >= 4 is 33.9 Å². The maximum absolute atomic E-state index is 13.8. The molecule has 1 saturated heterocycles. The molecular weight excluding hydrogens is 634 g/mol. The van der Waals surface area contributed by atoms with Gasteiger partial charge < -0.3 is 25.6 Å². The topological polar surface area (TPSA) is 172 Å². The van der Waals surface area contributed by atoms with Crippen LogP contribution in [0.25, 0.3) is 11.4 Å². The Balaban J connectivity index is 1.43. The van der Waals surface area contributed by atoms with E-state index in [1.807, 2.05) is 36.4 Å². The predicted octanol–water partition coefficient (Wildman–Crippen LogP) is 3.41. The van der Waals surface area contributed by atoms with Crippen molar-refractivity contribution < 1.29 is 29.3 Å². The number of carbonyl (C=O) groups excluding carboxylic acids is 2. The van der Waals surface area contributed by atoms with Crippen LogP contribution in [0.15, 0.2) is 40.9 Å². The van der Waals surface area contributed by atoms with Gasteiger partial charge in [0.25, 0.3) is 0 Å². The molecule has 3 aliphatic rings. The highest BCUT2D eigenvalue weighted by atomic mass is 79.9. The van der Waals surface area contributed by atoms with E-state index in [-0.39, 0.29) is 18.9 Å². The molecule has 1 aromatic heterocycles. The lowest BCUT2D eigenvalue weighted by Crippen LogP contribution is -2.58. The molecule has 2 aromatic rings. The van der Waals surface area contributed by atoms with Crippen molar-refractivity contribution in [1.82, 2.24) is 35.7 Å². The number of nitrogens with one attached hydrogen (secondary N) is 2. The van der Waals surface area contributed by atoms with Gasteiger partial charge in [0.05, 0.1) is 18.1 Å². The summed E-state index contributed by atoms with van der Waals surface area (Å²) >= 11 is 3.42. The van der Waals surface area contributed by atoms with Gasteiger partial charge in [-0.05, 0) is 82.4 Å². The molecule has 44 heavy (non-hydrogen) atoms. The predicted molar refractivity (Wildman–Crippen MR) is 163 cm³/mol. The second-order valence-corrected chi connectivity index (χ2v) is 13.8. The van der Waals surface area contributed by atoms with E-state index >= 15 is 0 Å². The number of rotatable bonds is 4. The minimum absolute atomic E-state index is 0.172. The number of carboxylic acids is 1. The van der Waals surface area contributed by atoms with Crippen LogP contribution in [0.1, 0.15) is 71.8 Å². The van der Waals surface area contributed by atoms with Gasteiger partial charge in [0.1, 0.15) is 17.4 Å². The minimum Gasteiger partial charge on any atom is -0.479 e. The molecule has 0 radical (unpaired) electrons. The van der Waals surface area contributed by atoms with E-state index in [0.29, 0.717) is 18.7 Å². The lowest BCUT2D eigenvalue weighted by Gasteiger charge is -2.35. The number of amides is 2. The van der Waals surface area contributed by atoms with Gasteiger partial charge in [-0.25, -0.2) is 9.59 Å². The normalized spacial score (nSPS) is 30.6. The number of tetrazole rings is 1. The van der Waals surface area contributed by atoms with Gasteiger partial charge in [-0.15, -0.1) is 10.2 Å². The summed E-state index contributed by atoms with van der Waals surface area (Å²) < 4.78 is 6.39. The van der Waals surface area contributed by atoms with Gasteiger partial charge in [0, 0.05) is 22.5 Å². The standard InChI is InChI=1S/C30H40BrN7O6/c1-29(2,3)44-28(43)32-22-10-8-6-4-5-7-9-19-16-30(19,27(41)42)33-25(39)23-15-21(17-37(23)26(22)40)38-35-24(34-36-38)18-11-13-20(31)14-12-18/h7,9,11-14,19,21-23,26,40H,4-6,8,10,15-17H2,1-3H3,(H,32,43)(H,33,39)(H,41,42)/b9-7-/t19-,21-,22+,23-,26+,30-/m0/s1. The van der Waals surface area contributed by atoms with Crippen molar-refractivity contribution in [2.45, 2.75) is 101 Å². The number of benzene rings is 1. The number of ether oxygens (including phenoxy) is 1. The van der Waals surface area contributed by atoms with E-state index in [9.17, 15) is 24.6 Å². The molecule has 2 amide bonds. The summed E-state index contributed by atoms with van der Waals surface area (Å²) in [5, 5.41) is 40.5. The maximum Gasteiger partial charge on any atom is 0.408 e. The summed E-state index contributed by atoms with van der Waals surface area (Å²) in [7, 11) is 0. The minimum atomic E-state index is -1.39. The summed E-state index contributed by atoms with van der Waals surface area (Å²) in [5.74, 6) is -1.50. The summed E-state index contributed by atoms with van der Waals surface area (Å²) in [6, 6.07) is 5.36. The Morgan fingerprint density at radius 3 is 2.64 bits per heavy atom. The first-order valence-electron chi connectivity index (χ1n) is 15.1.